The number of halogens is 1. The Hall–Kier alpha value is -2.69. The molecule has 0 aromatic heterocycles. The molecule has 0 saturated heterocycles. The topological polar surface area (TPSA) is 55.4 Å². The Bertz CT molecular complexity index is 668. The molecule has 0 aliphatic carbocycles. The molecular formula is C17H16FNO3. The first-order chi connectivity index (χ1) is 10.6. The van der Waals surface area contributed by atoms with Gasteiger partial charge in [0.1, 0.15) is 0 Å². The highest BCUT2D eigenvalue weighted by Gasteiger charge is 2.09. The highest BCUT2D eigenvalue weighted by molar-refractivity contribution is 5.97. The predicted molar refractivity (Wildman–Crippen MR) is 80.2 cm³/mol. The van der Waals surface area contributed by atoms with E-state index in [1.807, 2.05) is 0 Å². The minimum atomic E-state index is -0.499. The summed E-state index contributed by atoms with van der Waals surface area (Å²) in [6.45, 7) is 1.62. The summed E-state index contributed by atoms with van der Waals surface area (Å²) in [4.78, 5) is 22.8. The molecule has 0 unspecified atom stereocenters. The van der Waals surface area contributed by atoms with Crippen molar-refractivity contribution in [2.75, 3.05) is 6.61 Å². The highest BCUT2D eigenvalue weighted by Crippen LogP contribution is 2.15. The van der Waals surface area contributed by atoms with Crippen LogP contribution in [0.5, 0.6) is 5.75 Å². The van der Waals surface area contributed by atoms with Gasteiger partial charge in [-0.15, -0.1) is 0 Å². The predicted octanol–water partition coefficient (Wildman–Crippen LogP) is 2.72. The second-order valence-electron chi connectivity index (χ2n) is 4.75. The van der Waals surface area contributed by atoms with Gasteiger partial charge in [0, 0.05) is 19.0 Å². The molecule has 22 heavy (non-hydrogen) atoms. The maximum atomic E-state index is 13.4. The molecular weight excluding hydrogens is 285 g/mol. The third kappa shape index (κ3) is 4.41. The molecule has 1 N–H and O–H groups in total. The molecule has 0 aliphatic heterocycles. The van der Waals surface area contributed by atoms with E-state index in [0.717, 1.165) is 5.56 Å². The van der Waals surface area contributed by atoms with Crippen molar-refractivity contribution in [3.05, 3.63) is 65.5 Å². The van der Waals surface area contributed by atoms with Gasteiger partial charge in [-0.3, -0.25) is 9.59 Å². The fraction of sp³-hybridized carbons (Fsp3) is 0.176. The largest absolute Gasteiger partial charge is 0.482 e. The number of hydrogen-bond acceptors (Lipinski definition) is 3. The van der Waals surface area contributed by atoms with E-state index in [1.54, 1.807) is 36.4 Å². The number of rotatable bonds is 6. The normalized spacial score (nSPS) is 10.1. The summed E-state index contributed by atoms with van der Waals surface area (Å²) < 4.78 is 18.6. The third-order valence-corrected chi connectivity index (χ3v) is 3.01. The van der Waals surface area contributed by atoms with E-state index >= 15 is 0 Å². The number of hydrogen-bond donors (Lipinski definition) is 1. The summed E-state index contributed by atoms with van der Waals surface area (Å²) in [5, 5.41) is 2.67. The maximum Gasteiger partial charge on any atom is 0.217 e. The molecule has 1 amide bonds. The van der Waals surface area contributed by atoms with Crippen LogP contribution in [-0.2, 0) is 11.3 Å². The van der Waals surface area contributed by atoms with Gasteiger partial charge in [0.05, 0.1) is 0 Å². The minimum absolute atomic E-state index is 0.0538. The van der Waals surface area contributed by atoms with Gasteiger partial charge in [0.2, 0.25) is 5.91 Å². The number of amides is 1. The molecule has 0 heterocycles. The fourth-order valence-electron chi connectivity index (χ4n) is 1.82. The van der Waals surface area contributed by atoms with Gasteiger partial charge in [-0.25, -0.2) is 4.39 Å². The van der Waals surface area contributed by atoms with Gasteiger partial charge in [-0.1, -0.05) is 36.4 Å². The molecule has 114 valence electrons. The number of ketones is 1. The number of ether oxygens (including phenoxy) is 1. The summed E-state index contributed by atoms with van der Waals surface area (Å²) in [7, 11) is 0. The molecule has 0 radical (unpaired) electrons. The van der Waals surface area contributed by atoms with Crippen molar-refractivity contribution in [2.24, 2.45) is 0 Å². The van der Waals surface area contributed by atoms with Crippen LogP contribution in [0.3, 0.4) is 0 Å². The molecule has 4 nitrogen and oxygen atoms in total. The van der Waals surface area contributed by atoms with Crippen molar-refractivity contribution in [2.45, 2.75) is 13.5 Å². The van der Waals surface area contributed by atoms with E-state index in [9.17, 15) is 14.0 Å². The Balaban J connectivity index is 1.92. The Kier molecular flexibility index (Phi) is 5.25. The van der Waals surface area contributed by atoms with Gasteiger partial charge in [0.15, 0.2) is 24.0 Å². The summed E-state index contributed by atoms with van der Waals surface area (Å²) >= 11 is 0. The summed E-state index contributed by atoms with van der Waals surface area (Å²) in [5.74, 6) is -0.799. The SMILES string of the molecule is CC(=O)NCc1ccc(C(=O)COc2ccccc2F)cc1. The highest BCUT2D eigenvalue weighted by atomic mass is 19.1. The smallest absolute Gasteiger partial charge is 0.217 e. The maximum absolute atomic E-state index is 13.4. The van der Waals surface area contributed by atoms with E-state index in [2.05, 4.69) is 5.32 Å². The van der Waals surface area contributed by atoms with Crippen molar-refractivity contribution in [1.82, 2.24) is 5.32 Å². The van der Waals surface area contributed by atoms with Gasteiger partial charge >= 0.3 is 0 Å². The Labute approximate surface area is 127 Å². The summed E-state index contributed by atoms with van der Waals surface area (Å²) in [5.41, 5.74) is 1.37. The number of para-hydroxylation sites is 1. The third-order valence-electron chi connectivity index (χ3n) is 3.01. The van der Waals surface area contributed by atoms with Crippen LogP contribution in [-0.4, -0.2) is 18.3 Å². The molecule has 0 atom stereocenters. The van der Waals surface area contributed by atoms with Crippen molar-refractivity contribution < 1.29 is 18.7 Å². The van der Waals surface area contributed by atoms with Crippen LogP contribution in [0.15, 0.2) is 48.5 Å². The van der Waals surface area contributed by atoms with Crippen LogP contribution in [0.25, 0.3) is 0 Å². The second-order valence-corrected chi connectivity index (χ2v) is 4.75. The Morgan fingerprint density at radius 3 is 2.41 bits per heavy atom. The van der Waals surface area contributed by atoms with Gasteiger partial charge in [-0.05, 0) is 17.7 Å². The van der Waals surface area contributed by atoms with Crippen LogP contribution in [0.2, 0.25) is 0 Å². The van der Waals surface area contributed by atoms with Crippen LogP contribution < -0.4 is 10.1 Å². The zero-order valence-corrected chi connectivity index (χ0v) is 12.1. The number of Topliss-reactive ketones (excluding diaryl/α,β-unsaturated/α-hetero) is 1. The van der Waals surface area contributed by atoms with Gasteiger partial charge < -0.3 is 10.1 Å². The zero-order valence-electron chi connectivity index (χ0n) is 12.1. The van der Waals surface area contributed by atoms with E-state index in [4.69, 9.17) is 4.74 Å². The molecule has 2 rings (SSSR count). The lowest BCUT2D eigenvalue weighted by Crippen LogP contribution is -2.19. The van der Waals surface area contributed by atoms with E-state index in [0.29, 0.717) is 12.1 Å². The van der Waals surface area contributed by atoms with Crippen molar-refractivity contribution >= 4 is 11.7 Å². The van der Waals surface area contributed by atoms with Crippen molar-refractivity contribution in [1.29, 1.82) is 0 Å². The first-order valence-electron chi connectivity index (χ1n) is 6.80. The monoisotopic (exact) mass is 301 g/mol. The van der Waals surface area contributed by atoms with Gasteiger partial charge in [0.25, 0.3) is 0 Å². The van der Waals surface area contributed by atoms with E-state index < -0.39 is 5.82 Å². The van der Waals surface area contributed by atoms with Gasteiger partial charge in [-0.2, -0.15) is 0 Å². The number of nitrogens with one attached hydrogen (secondary N) is 1. The lowest BCUT2D eigenvalue weighted by Gasteiger charge is -2.07. The van der Waals surface area contributed by atoms with Crippen molar-refractivity contribution in [3.63, 3.8) is 0 Å². The lowest BCUT2D eigenvalue weighted by molar-refractivity contribution is -0.119. The average molecular weight is 301 g/mol. The molecule has 0 bridgehead atoms. The van der Waals surface area contributed by atoms with Crippen molar-refractivity contribution in [3.8, 4) is 5.75 Å². The quantitative estimate of drug-likeness (QED) is 0.835. The van der Waals surface area contributed by atoms with Crippen LogP contribution in [0.1, 0.15) is 22.8 Å². The van der Waals surface area contributed by atoms with Crippen LogP contribution >= 0.6 is 0 Å². The molecule has 0 aliphatic rings. The number of carbonyl (C=O) groups is 2. The molecule has 2 aromatic carbocycles. The first kappa shape index (κ1) is 15.7. The molecule has 0 saturated carbocycles. The first-order valence-corrected chi connectivity index (χ1v) is 6.80. The zero-order chi connectivity index (χ0) is 15.9. The number of carbonyl (C=O) groups excluding carboxylic acids is 2. The minimum Gasteiger partial charge on any atom is -0.482 e. The molecule has 0 fully saturated rings. The van der Waals surface area contributed by atoms with Crippen LogP contribution in [0.4, 0.5) is 4.39 Å². The molecule has 0 spiro atoms. The Morgan fingerprint density at radius 1 is 1.09 bits per heavy atom. The Morgan fingerprint density at radius 2 is 1.77 bits per heavy atom. The fourth-order valence-corrected chi connectivity index (χ4v) is 1.82. The summed E-state index contributed by atoms with van der Waals surface area (Å²) in [6.07, 6.45) is 0. The number of benzene rings is 2. The van der Waals surface area contributed by atoms with Crippen LogP contribution in [0, 0.1) is 5.82 Å². The van der Waals surface area contributed by atoms with E-state index in [1.165, 1.54) is 19.1 Å². The lowest BCUT2D eigenvalue weighted by atomic mass is 10.1. The van der Waals surface area contributed by atoms with E-state index in [-0.39, 0.29) is 24.0 Å². The standard InChI is InChI=1S/C17H16FNO3/c1-12(20)19-10-13-6-8-14(9-7-13)16(21)11-22-17-5-3-2-4-15(17)18/h2-9H,10-11H2,1H3,(H,19,20). The average Bonchev–Trinajstić information content (AvgIpc) is 2.52. The summed E-state index contributed by atoms with van der Waals surface area (Å²) in [6, 6.07) is 12.8. The second kappa shape index (κ2) is 7.36. The molecule has 2 aromatic rings. The molecule has 5 heteroatoms.